The van der Waals surface area contributed by atoms with Crippen molar-refractivity contribution in [2.75, 3.05) is 6.54 Å². The number of rotatable bonds is 11. The Morgan fingerprint density at radius 3 is 1.85 bits per heavy atom. The Bertz CT molecular complexity index is 620. The second-order valence-electron chi connectivity index (χ2n) is 6.87. The molecule has 0 fully saturated rings. The number of hydrogen-bond donors (Lipinski definition) is 0. The van der Waals surface area contributed by atoms with Crippen molar-refractivity contribution in [2.45, 2.75) is 67.0 Å². The van der Waals surface area contributed by atoms with Crippen molar-refractivity contribution in [3.05, 3.63) is 35.4 Å². The van der Waals surface area contributed by atoms with Gasteiger partial charge in [0.05, 0.1) is 32.6 Å². The average Bonchev–Trinajstić information content (AvgIpc) is 2.92. The molecule has 2 amide bonds. The van der Waals surface area contributed by atoms with Gasteiger partial charge in [-0.05, 0) is 25.0 Å². The molecule has 3 nitrogen and oxygen atoms in total. The van der Waals surface area contributed by atoms with Crippen LogP contribution in [0.3, 0.4) is 0 Å². The summed E-state index contributed by atoms with van der Waals surface area (Å²) in [7, 11) is 0. The maximum Gasteiger partial charge on any atom is 0.261 e. The molecule has 0 spiro atoms. The summed E-state index contributed by atoms with van der Waals surface area (Å²) in [5.74, 6) is -0.585. The number of imide groups is 1. The van der Waals surface area contributed by atoms with Gasteiger partial charge < -0.3 is 0 Å². The van der Waals surface area contributed by atoms with Crippen LogP contribution in [0.4, 0.5) is 0 Å². The van der Waals surface area contributed by atoms with Gasteiger partial charge in [-0.2, -0.15) is 0 Å². The van der Waals surface area contributed by atoms with Crippen LogP contribution in [0.1, 0.15) is 66.2 Å². The van der Waals surface area contributed by atoms with E-state index >= 15 is 0 Å². The van der Waals surface area contributed by atoms with Crippen LogP contribution < -0.4 is 0 Å². The van der Waals surface area contributed by atoms with Crippen molar-refractivity contribution < 1.29 is 9.59 Å². The number of hydrogen-bond acceptors (Lipinski definition) is 2. The van der Waals surface area contributed by atoms with Crippen molar-refractivity contribution >= 4 is 58.2 Å². The van der Waals surface area contributed by atoms with Gasteiger partial charge in [0.25, 0.3) is 11.8 Å². The second-order valence-corrected chi connectivity index (χ2v) is 9.00. The normalized spacial score (nSPS) is 18.3. The minimum Gasteiger partial charge on any atom is -0.274 e. The molecular weight excluding hydrogens is 428 g/mol. The number of benzene rings is 1. The summed E-state index contributed by atoms with van der Waals surface area (Å²) in [6.45, 7) is 2.36. The minimum absolute atomic E-state index is 0.205. The van der Waals surface area contributed by atoms with Gasteiger partial charge in [0.2, 0.25) is 0 Å². The number of halogens is 4. The SMILES string of the molecule is CCCCCCC(Cl)C(Cl)C(Cl)C(Cl)CCN1C(=O)c2ccccc2C1=O. The molecule has 1 aromatic carbocycles. The molecule has 1 heterocycles. The van der Waals surface area contributed by atoms with E-state index in [0.717, 1.165) is 25.7 Å². The number of alkyl halides is 4. The first kappa shape index (κ1) is 22.8. The highest BCUT2D eigenvalue weighted by Crippen LogP contribution is 2.30. The fourth-order valence-corrected chi connectivity index (χ4v) is 4.50. The summed E-state index contributed by atoms with van der Waals surface area (Å²) < 4.78 is 0. The highest BCUT2D eigenvalue weighted by molar-refractivity contribution is 6.38. The average molecular weight is 453 g/mol. The molecule has 150 valence electrons. The standard InChI is InChI=1S/C20H25Cl4NO2/c1-2-3-4-5-10-15(21)17(23)18(24)16(22)11-12-25-19(26)13-8-6-7-9-14(13)20(25)27/h6-9,15-18H,2-5,10-12H2,1H3. The summed E-state index contributed by atoms with van der Waals surface area (Å²) in [6.07, 6.45) is 5.64. The van der Waals surface area contributed by atoms with Crippen LogP contribution in [0.2, 0.25) is 0 Å². The maximum atomic E-state index is 12.4. The van der Waals surface area contributed by atoms with Crippen LogP contribution in [0.25, 0.3) is 0 Å². The van der Waals surface area contributed by atoms with Gasteiger partial charge in [-0.3, -0.25) is 14.5 Å². The first-order valence-corrected chi connectivity index (χ1v) is 11.1. The van der Waals surface area contributed by atoms with Gasteiger partial charge in [-0.15, -0.1) is 46.4 Å². The lowest BCUT2D eigenvalue weighted by atomic mass is 10.0. The van der Waals surface area contributed by atoms with Gasteiger partial charge in [0.15, 0.2) is 0 Å². The zero-order valence-electron chi connectivity index (χ0n) is 15.3. The van der Waals surface area contributed by atoms with Crippen molar-refractivity contribution in [2.24, 2.45) is 0 Å². The van der Waals surface area contributed by atoms with Gasteiger partial charge in [-0.1, -0.05) is 44.7 Å². The fourth-order valence-electron chi connectivity index (χ4n) is 3.18. The molecule has 4 unspecified atom stereocenters. The van der Waals surface area contributed by atoms with Gasteiger partial charge in [0.1, 0.15) is 0 Å². The predicted octanol–water partition coefficient (Wildman–Crippen LogP) is 6.07. The number of nitrogens with zero attached hydrogens (tertiary/aromatic N) is 1. The van der Waals surface area contributed by atoms with Crippen LogP contribution in [0.5, 0.6) is 0 Å². The molecule has 7 heteroatoms. The number of fused-ring (bicyclic) bond motifs is 1. The van der Waals surface area contributed by atoms with Crippen LogP contribution in [0, 0.1) is 0 Å². The van der Waals surface area contributed by atoms with E-state index in [2.05, 4.69) is 6.92 Å². The van der Waals surface area contributed by atoms with Crippen molar-refractivity contribution in [1.82, 2.24) is 4.90 Å². The Labute approximate surface area is 181 Å². The summed E-state index contributed by atoms with van der Waals surface area (Å²) in [5, 5.41) is -1.77. The molecule has 0 radical (unpaired) electrons. The molecule has 1 aliphatic rings. The molecule has 0 aromatic heterocycles. The molecule has 1 aromatic rings. The van der Waals surface area contributed by atoms with Crippen LogP contribution in [-0.2, 0) is 0 Å². The topological polar surface area (TPSA) is 37.4 Å². The smallest absolute Gasteiger partial charge is 0.261 e. The van der Waals surface area contributed by atoms with Crippen LogP contribution in [-0.4, -0.2) is 44.8 Å². The van der Waals surface area contributed by atoms with Crippen molar-refractivity contribution in [1.29, 1.82) is 0 Å². The Balaban J connectivity index is 1.83. The quantitative estimate of drug-likeness (QED) is 0.232. The fraction of sp³-hybridized carbons (Fsp3) is 0.600. The minimum atomic E-state index is -0.544. The third-order valence-electron chi connectivity index (χ3n) is 4.84. The third kappa shape index (κ3) is 5.76. The maximum absolute atomic E-state index is 12.4. The van der Waals surface area contributed by atoms with Crippen LogP contribution >= 0.6 is 46.4 Å². The molecule has 1 aliphatic heterocycles. The molecule has 2 rings (SSSR count). The van der Waals surface area contributed by atoms with E-state index in [4.69, 9.17) is 46.4 Å². The van der Waals surface area contributed by atoms with Gasteiger partial charge in [-0.25, -0.2) is 0 Å². The van der Waals surface area contributed by atoms with E-state index in [1.807, 2.05) is 0 Å². The molecule has 0 saturated heterocycles. The summed E-state index contributed by atoms with van der Waals surface area (Å²) in [4.78, 5) is 26.0. The zero-order chi connectivity index (χ0) is 20.0. The van der Waals surface area contributed by atoms with E-state index in [0.29, 0.717) is 17.5 Å². The van der Waals surface area contributed by atoms with E-state index in [1.165, 1.54) is 11.3 Å². The van der Waals surface area contributed by atoms with E-state index in [-0.39, 0.29) is 23.7 Å². The lowest BCUT2D eigenvalue weighted by molar-refractivity contribution is 0.0652. The molecular formula is C20H25Cl4NO2. The Morgan fingerprint density at radius 2 is 1.33 bits per heavy atom. The predicted molar refractivity (Wildman–Crippen MR) is 114 cm³/mol. The van der Waals surface area contributed by atoms with Gasteiger partial charge >= 0.3 is 0 Å². The summed E-state index contributed by atoms with van der Waals surface area (Å²) in [6, 6.07) is 6.80. The molecule has 0 aliphatic carbocycles. The highest BCUT2D eigenvalue weighted by atomic mass is 35.5. The molecule has 4 atom stereocenters. The van der Waals surface area contributed by atoms with Crippen molar-refractivity contribution in [3.63, 3.8) is 0 Å². The Morgan fingerprint density at radius 1 is 0.815 bits per heavy atom. The van der Waals surface area contributed by atoms with Crippen LogP contribution in [0.15, 0.2) is 24.3 Å². The molecule has 0 bridgehead atoms. The molecule has 27 heavy (non-hydrogen) atoms. The number of unbranched alkanes of at least 4 members (excludes halogenated alkanes) is 3. The summed E-state index contributed by atoms with van der Waals surface area (Å²) >= 11 is 25.7. The second kappa shape index (κ2) is 10.9. The van der Waals surface area contributed by atoms with Crippen molar-refractivity contribution in [3.8, 4) is 0 Å². The highest BCUT2D eigenvalue weighted by Gasteiger charge is 2.36. The van der Waals surface area contributed by atoms with Gasteiger partial charge in [0, 0.05) is 6.54 Å². The lowest BCUT2D eigenvalue weighted by Gasteiger charge is -2.25. The molecule has 0 N–H and O–H groups in total. The van der Waals surface area contributed by atoms with E-state index in [9.17, 15) is 9.59 Å². The van der Waals surface area contributed by atoms with E-state index < -0.39 is 16.1 Å². The zero-order valence-corrected chi connectivity index (χ0v) is 18.4. The number of carbonyl (C=O) groups excluding carboxylic acids is 2. The third-order valence-corrected chi connectivity index (χ3v) is 7.35. The first-order chi connectivity index (χ1) is 12.9. The molecule has 0 saturated carbocycles. The number of carbonyl (C=O) groups is 2. The first-order valence-electron chi connectivity index (χ1n) is 9.40. The van der Waals surface area contributed by atoms with E-state index in [1.54, 1.807) is 24.3 Å². The largest absolute Gasteiger partial charge is 0.274 e. The Kier molecular flexibility index (Phi) is 9.21. The monoisotopic (exact) mass is 451 g/mol. The lowest BCUT2D eigenvalue weighted by Crippen LogP contribution is -2.37. The Hall–Kier alpha value is -0.480. The number of amides is 2. The summed E-state index contributed by atoms with van der Waals surface area (Å²) in [5.41, 5.74) is 0.860.